The molecule has 1 aliphatic heterocycles. The number of amides is 2. The molecule has 1 aliphatic rings. The van der Waals surface area contributed by atoms with Gasteiger partial charge in [-0.3, -0.25) is 9.59 Å². The van der Waals surface area contributed by atoms with Gasteiger partial charge in [-0.25, -0.2) is 0 Å². The number of nitrogens with zero attached hydrogens (tertiary/aromatic N) is 1. The number of anilines is 1. The fourth-order valence-electron chi connectivity index (χ4n) is 2.11. The van der Waals surface area contributed by atoms with Crippen molar-refractivity contribution in [1.29, 1.82) is 0 Å². The molecule has 0 aromatic heterocycles. The van der Waals surface area contributed by atoms with Crippen molar-refractivity contribution < 1.29 is 9.59 Å². The van der Waals surface area contributed by atoms with Crippen LogP contribution in [0.25, 0.3) is 0 Å². The van der Waals surface area contributed by atoms with Crippen molar-refractivity contribution in [1.82, 2.24) is 5.32 Å². The molecule has 0 bridgehead atoms. The maximum absolute atomic E-state index is 12.2. The summed E-state index contributed by atoms with van der Waals surface area (Å²) in [7, 11) is 0. The molecule has 108 valence electrons. The van der Waals surface area contributed by atoms with Crippen LogP contribution in [0.4, 0.5) is 5.69 Å². The molecule has 0 spiro atoms. The van der Waals surface area contributed by atoms with Crippen LogP contribution in [0.3, 0.4) is 0 Å². The van der Waals surface area contributed by atoms with E-state index < -0.39 is 6.04 Å². The monoisotopic (exact) mass is 339 g/mol. The minimum Gasteiger partial charge on any atom is -0.354 e. The topological polar surface area (TPSA) is 75.4 Å². The smallest absolute Gasteiger partial charge is 0.249 e. The maximum Gasteiger partial charge on any atom is 0.249 e. The van der Waals surface area contributed by atoms with Gasteiger partial charge in [-0.05, 0) is 18.1 Å². The average molecular weight is 340 g/mol. The Morgan fingerprint density at radius 2 is 2.20 bits per heavy atom. The number of rotatable bonds is 4. The second-order valence-electron chi connectivity index (χ2n) is 5.30. The molecule has 3 N–H and O–H groups in total. The number of carbonyl (C=O) groups is 2. The van der Waals surface area contributed by atoms with E-state index in [1.807, 2.05) is 32.0 Å². The first-order valence-corrected chi connectivity index (χ1v) is 7.32. The van der Waals surface area contributed by atoms with Crippen LogP contribution in [0.5, 0.6) is 0 Å². The van der Waals surface area contributed by atoms with Crippen LogP contribution >= 0.6 is 15.9 Å². The second kappa shape index (κ2) is 5.93. The third-order valence-corrected chi connectivity index (χ3v) is 3.65. The molecular formula is C14H18BrN3O2. The van der Waals surface area contributed by atoms with E-state index in [-0.39, 0.29) is 18.4 Å². The zero-order chi connectivity index (χ0) is 14.9. The highest BCUT2D eigenvalue weighted by atomic mass is 79.9. The molecule has 0 saturated carbocycles. The van der Waals surface area contributed by atoms with Crippen molar-refractivity contribution in [2.24, 2.45) is 11.7 Å². The standard InChI is InChI=1S/C14H18BrN3O2/c1-8(2)6-17-12(19)7-18-11-5-9(15)3-4-10(11)13(16)14(18)20/h3-5,8,13H,6-7,16H2,1-2H3,(H,17,19). The molecule has 2 amide bonds. The third-order valence-electron chi connectivity index (χ3n) is 3.16. The van der Waals surface area contributed by atoms with Gasteiger partial charge in [0, 0.05) is 16.6 Å². The molecule has 0 aliphatic carbocycles. The predicted octanol–water partition coefficient (Wildman–Crippen LogP) is 1.57. The van der Waals surface area contributed by atoms with Gasteiger partial charge in [-0.15, -0.1) is 0 Å². The van der Waals surface area contributed by atoms with Crippen LogP contribution < -0.4 is 16.0 Å². The van der Waals surface area contributed by atoms with Crippen LogP contribution in [-0.4, -0.2) is 24.9 Å². The number of hydrogen-bond acceptors (Lipinski definition) is 3. The van der Waals surface area contributed by atoms with Gasteiger partial charge >= 0.3 is 0 Å². The van der Waals surface area contributed by atoms with Crippen LogP contribution in [0.2, 0.25) is 0 Å². The van der Waals surface area contributed by atoms with Gasteiger partial charge in [0.15, 0.2) is 0 Å². The molecule has 0 saturated heterocycles. The minimum atomic E-state index is -0.684. The highest BCUT2D eigenvalue weighted by Crippen LogP contribution is 2.36. The lowest BCUT2D eigenvalue weighted by molar-refractivity contribution is -0.124. The number of carbonyl (C=O) groups excluding carboxylic acids is 2. The quantitative estimate of drug-likeness (QED) is 0.874. The maximum atomic E-state index is 12.2. The summed E-state index contributed by atoms with van der Waals surface area (Å²) >= 11 is 3.37. The Hall–Kier alpha value is -1.40. The Bertz CT molecular complexity index is 545. The Morgan fingerprint density at radius 1 is 1.50 bits per heavy atom. The average Bonchev–Trinajstić information content (AvgIpc) is 2.61. The first-order valence-electron chi connectivity index (χ1n) is 6.53. The molecule has 0 fully saturated rings. The SMILES string of the molecule is CC(C)CNC(=O)CN1C(=O)C(N)c2ccc(Br)cc21. The van der Waals surface area contributed by atoms with Gasteiger partial charge in [0.05, 0.1) is 5.69 Å². The number of nitrogens with two attached hydrogens (primary N) is 1. The normalized spacial score (nSPS) is 17.6. The van der Waals surface area contributed by atoms with E-state index >= 15 is 0 Å². The lowest BCUT2D eigenvalue weighted by Gasteiger charge is -2.18. The molecule has 5 nitrogen and oxygen atoms in total. The largest absolute Gasteiger partial charge is 0.354 e. The van der Waals surface area contributed by atoms with Gasteiger partial charge in [-0.1, -0.05) is 35.8 Å². The second-order valence-corrected chi connectivity index (χ2v) is 6.22. The van der Waals surface area contributed by atoms with Crippen molar-refractivity contribution in [3.8, 4) is 0 Å². The molecule has 20 heavy (non-hydrogen) atoms. The molecule has 2 rings (SSSR count). The van der Waals surface area contributed by atoms with Crippen molar-refractivity contribution in [3.63, 3.8) is 0 Å². The molecule has 1 unspecified atom stereocenters. The molecule has 1 aromatic carbocycles. The van der Waals surface area contributed by atoms with Crippen LogP contribution in [0.1, 0.15) is 25.5 Å². The summed E-state index contributed by atoms with van der Waals surface area (Å²) in [5, 5.41) is 2.80. The highest BCUT2D eigenvalue weighted by molar-refractivity contribution is 9.10. The van der Waals surface area contributed by atoms with Crippen LogP contribution in [-0.2, 0) is 9.59 Å². The summed E-state index contributed by atoms with van der Waals surface area (Å²) in [4.78, 5) is 25.5. The first kappa shape index (κ1) is 15.0. The Morgan fingerprint density at radius 3 is 2.85 bits per heavy atom. The Kier molecular flexibility index (Phi) is 4.45. The summed E-state index contributed by atoms with van der Waals surface area (Å²) in [6.45, 7) is 4.63. The van der Waals surface area contributed by atoms with Gasteiger partial charge in [-0.2, -0.15) is 0 Å². The number of nitrogens with one attached hydrogen (secondary N) is 1. The van der Waals surface area contributed by atoms with Crippen molar-refractivity contribution in [2.75, 3.05) is 18.0 Å². The fraction of sp³-hybridized carbons (Fsp3) is 0.429. The summed E-state index contributed by atoms with van der Waals surface area (Å²) in [5.41, 5.74) is 7.35. The van der Waals surface area contributed by atoms with Crippen molar-refractivity contribution in [2.45, 2.75) is 19.9 Å². The van der Waals surface area contributed by atoms with E-state index in [9.17, 15) is 9.59 Å². The molecule has 1 aromatic rings. The Balaban J connectivity index is 2.15. The van der Waals surface area contributed by atoms with E-state index in [1.54, 1.807) is 0 Å². The van der Waals surface area contributed by atoms with Crippen LogP contribution in [0, 0.1) is 5.92 Å². The number of hydrogen-bond donors (Lipinski definition) is 2. The van der Waals surface area contributed by atoms with Gasteiger partial charge in [0.2, 0.25) is 11.8 Å². The molecule has 0 radical (unpaired) electrons. The number of fused-ring (bicyclic) bond motifs is 1. The van der Waals surface area contributed by atoms with Gasteiger partial charge in [0.25, 0.3) is 0 Å². The van der Waals surface area contributed by atoms with Crippen LogP contribution in [0.15, 0.2) is 22.7 Å². The molecule has 1 heterocycles. The van der Waals surface area contributed by atoms with E-state index in [4.69, 9.17) is 5.73 Å². The first-order chi connectivity index (χ1) is 9.40. The van der Waals surface area contributed by atoms with E-state index in [0.29, 0.717) is 18.2 Å². The zero-order valence-electron chi connectivity index (χ0n) is 11.5. The van der Waals surface area contributed by atoms with Gasteiger partial charge < -0.3 is 16.0 Å². The minimum absolute atomic E-state index is 0.00269. The van der Waals surface area contributed by atoms with Crippen molar-refractivity contribution >= 4 is 33.4 Å². The van der Waals surface area contributed by atoms with Crippen molar-refractivity contribution in [3.05, 3.63) is 28.2 Å². The third kappa shape index (κ3) is 3.02. The zero-order valence-corrected chi connectivity index (χ0v) is 13.1. The summed E-state index contributed by atoms with van der Waals surface area (Å²) in [6, 6.07) is 4.79. The number of benzene rings is 1. The highest BCUT2D eigenvalue weighted by Gasteiger charge is 2.35. The lowest BCUT2D eigenvalue weighted by Crippen LogP contribution is -2.41. The molecule has 6 heteroatoms. The Labute approximate surface area is 126 Å². The van der Waals surface area contributed by atoms with Gasteiger partial charge in [0.1, 0.15) is 12.6 Å². The summed E-state index contributed by atoms with van der Waals surface area (Å²) < 4.78 is 0.853. The van der Waals surface area contributed by atoms with E-state index in [1.165, 1.54) is 4.90 Å². The number of halogens is 1. The molecule has 1 atom stereocenters. The summed E-state index contributed by atoms with van der Waals surface area (Å²) in [6.07, 6.45) is 0. The fourth-order valence-corrected chi connectivity index (χ4v) is 2.46. The van der Waals surface area contributed by atoms with E-state index in [0.717, 1.165) is 10.0 Å². The summed E-state index contributed by atoms with van der Waals surface area (Å²) in [5.74, 6) is -0.0400. The molecular weight excluding hydrogens is 322 g/mol. The van der Waals surface area contributed by atoms with E-state index in [2.05, 4.69) is 21.2 Å². The predicted molar refractivity (Wildman–Crippen MR) is 81.3 cm³/mol. The lowest BCUT2D eigenvalue weighted by atomic mass is 10.1.